The van der Waals surface area contributed by atoms with Crippen LogP contribution >= 0.6 is 0 Å². The Morgan fingerprint density at radius 1 is 1.50 bits per heavy atom. The summed E-state index contributed by atoms with van der Waals surface area (Å²) in [5, 5.41) is 0. The summed E-state index contributed by atoms with van der Waals surface area (Å²) in [6, 6.07) is 1.25. The molecule has 6 nitrogen and oxygen atoms in total. The third-order valence-corrected chi connectivity index (χ3v) is 2.63. The van der Waals surface area contributed by atoms with Crippen LogP contribution in [0.2, 0.25) is 0 Å². The second kappa shape index (κ2) is 6.92. The van der Waals surface area contributed by atoms with E-state index in [1.54, 1.807) is 0 Å². The summed E-state index contributed by atoms with van der Waals surface area (Å²) < 4.78 is 44.1. The molecule has 0 aromatic carbocycles. The van der Waals surface area contributed by atoms with Crippen molar-refractivity contribution in [1.29, 1.82) is 0 Å². The maximum Gasteiger partial charge on any atom is 0.434 e. The fourth-order valence-electron chi connectivity index (χ4n) is 1.51. The molecule has 120 valence electrons. The number of pyridine rings is 1. The number of nitrogen functional groups attached to an aromatic ring is 1. The topological polar surface area (TPSA) is 104 Å². The molecule has 0 radical (unpaired) electrons. The molecule has 0 fully saturated rings. The van der Waals surface area contributed by atoms with Crippen LogP contribution in [0.3, 0.4) is 0 Å². The molecule has 0 bridgehead atoms. The molecule has 0 atom stereocenters. The van der Waals surface area contributed by atoms with Crippen molar-refractivity contribution in [1.82, 2.24) is 4.98 Å². The fourth-order valence-corrected chi connectivity index (χ4v) is 1.51. The van der Waals surface area contributed by atoms with E-state index in [2.05, 4.69) is 14.7 Å². The van der Waals surface area contributed by atoms with Gasteiger partial charge in [0, 0.05) is 18.0 Å². The smallest absolute Gasteiger partial charge is 0.434 e. The molecule has 0 aliphatic heterocycles. The molecule has 4 N–H and O–H groups in total. The molecule has 0 aliphatic rings. The number of aliphatic imine (C=N–C) groups is 1. The number of anilines is 1. The van der Waals surface area contributed by atoms with Gasteiger partial charge in [-0.05, 0) is 19.9 Å². The summed E-state index contributed by atoms with van der Waals surface area (Å²) in [6.07, 6.45) is -3.17. The monoisotopic (exact) mass is 316 g/mol. The molecule has 0 aliphatic carbocycles. The van der Waals surface area contributed by atoms with E-state index in [1.165, 1.54) is 26.1 Å². The number of esters is 1. The average Bonchev–Trinajstić information content (AvgIpc) is 2.42. The van der Waals surface area contributed by atoms with Gasteiger partial charge in [-0.2, -0.15) is 13.2 Å². The molecular weight excluding hydrogens is 301 g/mol. The molecule has 1 heterocycles. The zero-order valence-electron chi connectivity index (χ0n) is 11.9. The van der Waals surface area contributed by atoms with Gasteiger partial charge in [0.15, 0.2) is 5.71 Å². The average molecular weight is 316 g/mol. The molecule has 0 spiro atoms. The summed E-state index contributed by atoms with van der Waals surface area (Å²) in [5.74, 6) is -1.17. The Morgan fingerprint density at radius 3 is 2.64 bits per heavy atom. The number of halogens is 3. The predicted octanol–water partition coefficient (Wildman–Crippen LogP) is 2.01. The van der Waals surface area contributed by atoms with Crippen molar-refractivity contribution in [2.45, 2.75) is 20.0 Å². The number of hydrogen-bond acceptors (Lipinski definition) is 6. The van der Waals surface area contributed by atoms with E-state index in [4.69, 9.17) is 11.5 Å². The molecule has 0 saturated carbocycles. The quantitative estimate of drug-likeness (QED) is 0.502. The second-order valence-corrected chi connectivity index (χ2v) is 4.10. The molecule has 1 aromatic rings. The summed E-state index contributed by atoms with van der Waals surface area (Å²) in [4.78, 5) is 18.8. The number of carbonyl (C=O) groups excluding carboxylic acids is 1. The SMILES string of the molecule is CCOC(=O)C(=CN)C(=Nc1ccnc(N)c1C)C(F)(F)F. The minimum absolute atomic E-state index is 0.0391. The van der Waals surface area contributed by atoms with Gasteiger partial charge < -0.3 is 16.2 Å². The first-order valence-corrected chi connectivity index (χ1v) is 6.18. The van der Waals surface area contributed by atoms with Crippen molar-refractivity contribution in [2.24, 2.45) is 10.7 Å². The largest absolute Gasteiger partial charge is 0.462 e. The maximum atomic E-state index is 13.2. The van der Waals surface area contributed by atoms with Gasteiger partial charge >= 0.3 is 12.1 Å². The van der Waals surface area contributed by atoms with E-state index in [0.717, 1.165) is 0 Å². The van der Waals surface area contributed by atoms with E-state index < -0.39 is 23.4 Å². The molecule has 1 rings (SSSR count). The molecule has 22 heavy (non-hydrogen) atoms. The highest BCUT2D eigenvalue weighted by Gasteiger charge is 2.41. The van der Waals surface area contributed by atoms with Crippen LogP contribution in [0.15, 0.2) is 29.0 Å². The standard InChI is InChI=1S/C13H15F3N4O2/c1-3-22-12(21)8(6-17)10(13(14,15)16)20-9-4-5-19-11(18)7(9)2/h4-6H,3,17H2,1-2H3,(H2,18,19). The summed E-state index contributed by atoms with van der Waals surface area (Å²) >= 11 is 0. The molecule has 1 aromatic heterocycles. The van der Waals surface area contributed by atoms with Crippen molar-refractivity contribution in [3.8, 4) is 0 Å². The van der Waals surface area contributed by atoms with Crippen LogP contribution in [-0.4, -0.2) is 29.4 Å². The third kappa shape index (κ3) is 3.96. The molecule has 0 unspecified atom stereocenters. The van der Waals surface area contributed by atoms with Gasteiger partial charge in [0.05, 0.1) is 12.3 Å². The lowest BCUT2D eigenvalue weighted by Gasteiger charge is -2.14. The number of aromatic nitrogens is 1. The van der Waals surface area contributed by atoms with Crippen LogP contribution in [0, 0.1) is 6.92 Å². The number of ether oxygens (including phenoxy) is 1. The maximum absolute atomic E-state index is 13.2. The van der Waals surface area contributed by atoms with Crippen molar-refractivity contribution in [2.75, 3.05) is 12.3 Å². The van der Waals surface area contributed by atoms with E-state index in [0.29, 0.717) is 6.20 Å². The number of carbonyl (C=O) groups is 1. The van der Waals surface area contributed by atoms with Gasteiger partial charge in [-0.3, -0.25) is 0 Å². The van der Waals surface area contributed by atoms with Crippen molar-refractivity contribution >= 4 is 23.2 Å². The van der Waals surface area contributed by atoms with Gasteiger partial charge in [0.2, 0.25) is 0 Å². The first-order valence-electron chi connectivity index (χ1n) is 6.18. The number of alkyl halides is 3. The van der Waals surface area contributed by atoms with E-state index in [-0.39, 0.29) is 23.7 Å². The summed E-state index contributed by atoms with van der Waals surface area (Å²) in [7, 11) is 0. The third-order valence-electron chi connectivity index (χ3n) is 2.63. The first kappa shape index (κ1) is 17.5. The van der Waals surface area contributed by atoms with Crippen LogP contribution in [0.5, 0.6) is 0 Å². The van der Waals surface area contributed by atoms with Gasteiger partial charge in [-0.1, -0.05) is 0 Å². The van der Waals surface area contributed by atoms with Crippen LogP contribution in [-0.2, 0) is 9.53 Å². The lowest BCUT2D eigenvalue weighted by atomic mass is 10.1. The van der Waals surface area contributed by atoms with Crippen LogP contribution in [0.1, 0.15) is 12.5 Å². The Hall–Kier alpha value is -2.58. The Bertz CT molecular complexity index is 624. The van der Waals surface area contributed by atoms with Crippen LogP contribution in [0.25, 0.3) is 0 Å². The van der Waals surface area contributed by atoms with Gasteiger partial charge in [-0.15, -0.1) is 0 Å². The van der Waals surface area contributed by atoms with Gasteiger partial charge in [-0.25, -0.2) is 14.8 Å². The van der Waals surface area contributed by atoms with Crippen molar-refractivity contribution < 1.29 is 22.7 Å². The van der Waals surface area contributed by atoms with Crippen LogP contribution in [0.4, 0.5) is 24.7 Å². The predicted molar refractivity (Wildman–Crippen MR) is 75.4 cm³/mol. The highest BCUT2D eigenvalue weighted by molar-refractivity contribution is 6.22. The summed E-state index contributed by atoms with van der Waals surface area (Å²) in [6.45, 7) is 2.83. The Morgan fingerprint density at radius 2 is 2.14 bits per heavy atom. The van der Waals surface area contributed by atoms with E-state index in [9.17, 15) is 18.0 Å². The number of hydrogen-bond donors (Lipinski definition) is 2. The first-order chi connectivity index (χ1) is 10.2. The molecule has 0 amide bonds. The molecular formula is C13H15F3N4O2. The Balaban J connectivity index is 3.44. The van der Waals surface area contributed by atoms with Crippen molar-refractivity contribution in [3.63, 3.8) is 0 Å². The normalized spacial score (nSPS) is 13.1. The minimum Gasteiger partial charge on any atom is -0.462 e. The highest BCUT2D eigenvalue weighted by atomic mass is 19.4. The lowest BCUT2D eigenvalue weighted by molar-refractivity contribution is -0.138. The number of nitrogens with two attached hydrogens (primary N) is 2. The number of rotatable bonds is 4. The second-order valence-electron chi connectivity index (χ2n) is 4.10. The fraction of sp³-hybridized carbons (Fsp3) is 0.308. The Labute approximate surface area is 124 Å². The van der Waals surface area contributed by atoms with Gasteiger partial charge in [0.1, 0.15) is 11.4 Å². The Kier molecular flexibility index (Phi) is 5.50. The summed E-state index contributed by atoms with van der Waals surface area (Å²) in [5.41, 5.74) is 8.53. The van der Waals surface area contributed by atoms with Gasteiger partial charge in [0.25, 0.3) is 0 Å². The molecule has 0 saturated heterocycles. The minimum atomic E-state index is -4.90. The van der Waals surface area contributed by atoms with E-state index in [1.807, 2.05) is 0 Å². The number of nitrogens with zero attached hydrogens (tertiary/aromatic N) is 2. The zero-order chi connectivity index (χ0) is 16.9. The zero-order valence-corrected chi connectivity index (χ0v) is 11.9. The lowest BCUT2D eigenvalue weighted by Crippen LogP contribution is -2.30. The van der Waals surface area contributed by atoms with Crippen molar-refractivity contribution in [3.05, 3.63) is 29.6 Å². The highest BCUT2D eigenvalue weighted by Crippen LogP contribution is 2.29. The molecule has 9 heteroatoms. The van der Waals surface area contributed by atoms with Crippen LogP contribution < -0.4 is 11.5 Å². The van der Waals surface area contributed by atoms with E-state index >= 15 is 0 Å².